The zero-order valence-corrected chi connectivity index (χ0v) is 16.3. The lowest BCUT2D eigenvalue weighted by molar-refractivity contribution is 0.0662. The van der Waals surface area contributed by atoms with E-state index in [1.165, 1.54) is 0 Å². The minimum absolute atomic E-state index is 0.0176. The predicted molar refractivity (Wildman–Crippen MR) is 101 cm³/mol. The molecule has 2 aromatic heterocycles. The average Bonchev–Trinajstić information content (AvgIpc) is 3.31. The Hall–Kier alpha value is -2.68. The third-order valence-electron chi connectivity index (χ3n) is 5.55. The summed E-state index contributed by atoms with van der Waals surface area (Å²) < 4.78 is 4.94. The van der Waals surface area contributed by atoms with Crippen LogP contribution in [0.1, 0.15) is 50.8 Å². The summed E-state index contributed by atoms with van der Waals surface area (Å²) in [5, 5.41) is 14.0. The smallest absolute Gasteiger partial charge is 0.274 e. The summed E-state index contributed by atoms with van der Waals surface area (Å²) in [6.45, 7) is 5.32. The molecule has 2 amide bonds. The number of aryl methyl sites for hydroxylation is 1. The molecule has 0 aromatic carbocycles. The Labute approximate surface area is 163 Å². The van der Waals surface area contributed by atoms with Crippen LogP contribution >= 0.6 is 0 Å². The molecule has 1 atom stereocenters. The lowest BCUT2D eigenvalue weighted by Crippen LogP contribution is -2.44. The van der Waals surface area contributed by atoms with Gasteiger partial charge in [-0.25, -0.2) is 0 Å². The van der Waals surface area contributed by atoms with Crippen LogP contribution in [-0.2, 0) is 13.0 Å². The van der Waals surface area contributed by atoms with Gasteiger partial charge in [0.1, 0.15) is 5.76 Å². The van der Waals surface area contributed by atoms with E-state index in [0.717, 1.165) is 50.2 Å². The van der Waals surface area contributed by atoms with Crippen LogP contribution in [0.25, 0.3) is 0 Å². The Morgan fingerprint density at radius 3 is 3.04 bits per heavy atom. The number of carbonyl (C=O) groups excluding carboxylic acids is 2. The van der Waals surface area contributed by atoms with Crippen molar-refractivity contribution in [3.8, 4) is 0 Å². The van der Waals surface area contributed by atoms with E-state index in [4.69, 9.17) is 4.52 Å². The summed E-state index contributed by atoms with van der Waals surface area (Å²) in [6, 6.07) is 1.61. The average molecular weight is 386 g/mol. The molecule has 2 aliphatic heterocycles. The van der Waals surface area contributed by atoms with E-state index in [1.807, 2.05) is 4.90 Å². The molecule has 1 fully saturated rings. The monoisotopic (exact) mass is 386 g/mol. The Morgan fingerprint density at radius 1 is 1.39 bits per heavy atom. The van der Waals surface area contributed by atoms with Gasteiger partial charge in [-0.1, -0.05) is 5.16 Å². The third-order valence-corrected chi connectivity index (χ3v) is 5.55. The van der Waals surface area contributed by atoms with Crippen molar-refractivity contribution in [2.45, 2.75) is 32.7 Å². The maximum absolute atomic E-state index is 13.1. The molecule has 9 heteroatoms. The Kier molecular flexibility index (Phi) is 5.17. The van der Waals surface area contributed by atoms with Crippen molar-refractivity contribution in [1.29, 1.82) is 0 Å². The van der Waals surface area contributed by atoms with E-state index in [-0.39, 0.29) is 23.4 Å². The van der Waals surface area contributed by atoms with Crippen molar-refractivity contribution >= 4 is 11.8 Å². The standard InChI is InChI=1S/C19H26N6O3/c1-12-8-16(23-28-12)18(26)20-9-13-4-3-6-25(10-13)19(27)17-14-11-24(2)7-5-15(14)21-22-17/h8,13H,3-7,9-11H2,1-2H3,(H,20,26)(H,21,22)/t13-/m1/s1. The molecule has 0 radical (unpaired) electrons. The molecule has 4 rings (SSSR count). The van der Waals surface area contributed by atoms with Gasteiger partial charge in [0.25, 0.3) is 11.8 Å². The number of aromatic nitrogens is 3. The Bertz CT molecular complexity index is 873. The minimum atomic E-state index is -0.246. The number of aromatic amines is 1. The second-order valence-electron chi connectivity index (χ2n) is 7.81. The van der Waals surface area contributed by atoms with E-state index in [2.05, 4.69) is 32.6 Å². The molecule has 9 nitrogen and oxygen atoms in total. The molecular weight excluding hydrogens is 360 g/mol. The van der Waals surface area contributed by atoms with Gasteiger partial charge in [0.2, 0.25) is 0 Å². The van der Waals surface area contributed by atoms with Crippen molar-refractivity contribution in [3.05, 3.63) is 34.5 Å². The molecule has 0 unspecified atom stereocenters. The number of likely N-dealkylation sites (N-methyl/N-ethyl adjacent to an activating group) is 1. The molecule has 150 valence electrons. The molecule has 2 aliphatic rings. The van der Waals surface area contributed by atoms with Crippen molar-refractivity contribution < 1.29 is 14.1 Å². The van der Waals surface area contributed by atoms with Gasteiger partial charge in [0, 0.05) is 56.5 Å². The van der Waals surface area contributed by atoms with E-state index in [0.29, 0.717) is 24.5 Å². The first-order valence-corrected chi connectivity index (χ1v) is 9.76. The number of piperidine rings is 1. The fourth-order valence-electron chi connectivity index (χ4n) is 3.97. The first-order valence-electron chi connectivity index (χ1n) is 9.76. The molecule has 28 heavy (non-hydrogen) atoms. The normalized spacial score (nSPS) is 20.1. The fourth-order valence-corrected chi connectivity index (χ4v) is 3.97. The number of H-pyrrole nitrogens is 1. The van der Waals surface area contributed by atoms with Crippen LogP contribution in [0.5, 0.6) is 0 Å². The van der Waals surface area contributed by atoms with E-state index in [1.54, 1.807) is 13.0 Å². The number of hydrogen-bond acceptors (Lipinski definition) is 6. The van der Waals surface area contributed by atoms with Crippen LogP contribution in [0.2, 0.25) is 0 Å². The number of rotatable bonds is 4. The lowest BCUT2D eigenvalue weighted by Gasteiger charge is -2.33. The van der Waals surface area contributed by atoms with Crippen molar-refractivity contribution in [2.75, 3.05) is 33.2 Å². The summed E-state index contributed by atoms with van der Waals surface area (Å²) in [5.74, 6) is 0.556. The lowest BCUT2D eigenvalue weighted by atomic mass is 9.97. The summed E-state index contributed by atoms with van der Waals surface area (Å²) in [6.07, 6.45) is 2.79. The Morgan fingerprint density at radius 2 is 2.25 bits per heavy atom. The molecule has 2 aromatic rings. The molecule has 0 aliphatic carbocycles. The van der Waals surface area contributed by atoms with E-state index >= 15 is 0 Å². The number of nitrogens with zero attached hydrogens (tertiary/aromatic N) is 4. The zero-order chi connectivity index (χ0) is 19.7. The zero-order valence-electron chi connectivity index (χ0n) is 16.3. The van der Waals surface area contributed by atoms with Gasteiger partial charge in [-0.15, -0.1) is 0 Å². The second kappa shape index (κ2) is 7.75. The molecule has 4 heterocycles. The first kappa shape index (κ1) is 18.7. The van der Waals surface area contributed by atoms with Gasteiger partial charge < -0.3 is 19.6 Å². The van der Waals surface area contributed by atoms with Gasteiger partial charge >= 0.3 is 0 Å². The number of carbonyl (C=O) groups is 2. The SMILES string of the molecule is Cc1cc(C(=O)NC[C@H]2CCCN(C(=O)c3n[nH]c4c3CN(C)CC4)C2)no1. The highest BCUT2D eigenvalue weighted by Gasteiger charge is 2.30. The fraction of sp³-hybridized carbons (Fsp3) is 0.579. The summed E-state index contributed by atoms with van der Waals surface area (Å²) >= 11 is 0. The van der Waals surface area contributed by atoms with Crippen molar-refractivity contribution in [3.63, 3.8) is 0 Å². The number of amides is 2. The van der Waals surface area contributed by atoms with Gasteiger partial charge in [0.15, 0.2) is 11.4 Å². The molecule has 0 spiro atoms. The van der Waals surface area contributed by atoms with Crippen LogP contribution in [-0.4, -0.2) is 70.2 Å². The highest BCUT2D eigenvalue weighted by atomic mass is 16.5. The van der Waals surface area contributed by atoms with Crippen molar-refractivity contribution in [2.24, 2.45) is 5.92 Å². The summed E-state index contributed by atoms with van der Waals surface area (Å²) in [7, 11) is 2.06. The van der Waals surface area contributed by atoms with Crippen LogP contribution < -0.4 is 5.32 Å². The van der Waals surface area contributed by atoms with Gasteiger partial charge in [-0.3, -0.25) is 14.7 Å². The maximum atomic E-state index is 13.1. The molecule has 0 bridgehead atoms. The van der Waals surface area contributed by atoms with E-state index < -0.39 is 0 Å². The maximum Gasteiger partial charge on any atom is 0.274 e. The van der Waals surface area contributed by atoms with Crippen molar-refractivity contribution in [1.82, 2.24) is 30.5 Å². The van der Waals surface area contributed by atoms with Crippen LogP contribution in [0, 0.1) is 12.8 Å². The third kappa shape index (κ3) is 3.80. The number of hydrogen-bond donors (Lipinski definition) is 2. The van der Waals surface area contributed by atoms with Gasteiger partial charge in [-0.05, 0) is 32.7 Å². The van der Waals surface area contributed by atoms with Gasteiger partial charge in [0.05, 0.1) is 0 Å². The van der Waals surface area contributed by atoms with Crippen LogP contribution in [0.3, 0.4) is 0 Å². The molecular formula is C19H26N6O3. The highest BCUT2D eigenvalue weighted by molar-refractivity contribution is 5.94. The molecule has 2 N–H and O–H groups in total. The Balaban J connectivity index is 1.37. The number of fused-ring (bicyclic) bond motifs is 1. The minimum Gasteiger partial charge on any atom is -0.361 e. The molecule has 1 saturated heterocycles. The van der Waals surface area contributed by atoms with Gasteiger partial charge in [-0.2, -0.15) is 5.10 Å². The second-order valence-corrected chi connectivity index (χ2v) is 7.81. The highest BCUT2D eigenvalue weighted by Crippen LogP contribution is 2.23. The number of likely N-dealkylation sites (tertiary alicyclic amines) is 1. The summed E-state index contributed by atoms with van der Waals surface area (Å²) in [5.41, 5.74) is 2.93. The number of nitrogens with one attached hydrogen (secondary N) is 2. The van der Waals surface area contributed by atoms with Crippen LogP contribution in [0.15, 0.2) is 10.6 Å². The predicted octanol–water partition coefficient (Wildman–Crippen LogP) is 0.976. The van der Waals surface area contributed by atoms with E-state index in [9.17, 15) is 9.59 Å². The first-order chi connectivity index (χ1) is 13.5. The largest absolute Gasteiger partial charge is 0.361 e. The van der Waals surface area contributed by atoms with Crippen LogP contribution in [0.4, 0.5) is 0 Å². The quantitative estimate of drug-likeness (QED) is 0.811. The molecule has 0 saturated carbocycles. The summed E-state index contributed by atoms with van der Waals surface area (Å²) in [4.78, 5) is 29.3. The topological polar surface area (TPSA) is 107 Å².